The average molecular weight is 238 g/mol. The summed E-state index contributed by atoms with van der Waals surface area (Å²) in [5, 5.41) is 1.86. The number of hydrogen-bond acceptors (Lipinski definition) is 2. The highest BCUT2D eigenvalue weighted by molar-refractivity contribution is 5.90. The van der Waals surface area contributed by atoms with Crippen LogP contribution < -0.4 is 11.2 Å². The van der Waals surface area contributed by atoms with E-state index in [1.807, 2.05) is 36.4 Å². The molecule has 18 heavy (non-hydrogen) atoms. The highest BCUT2D eigenvalue weighted by atomic mass is 16.2. The summed E-state index contributed by atoms with van der Waals surface area (Å²) in [6.07, 6.45) is 1.35. The number of benzene rings is 2. The van der Waals surface area contributed by atoms with Crippen LogP contribution in [0.3, 0.4) is 0 Å². The van der Waals surface area contributed by atoms with Crippen molar-refractivity contribution in [2.75, 3.05) is 0 Å². The second kappa shape index (κ2) is 4.00. The van der Waals surface area contributed by atoms with Crippen molar-refractivity contribution in [3.05, 3.63) is 75.6 Å². The van der Waals surface area contributed by atoms with Gasteiger partial charge in [0.15, 0.2) is 0 Å². The Morgan fingerprint density at radius 3 is 2.50 bits per heavy atom. The van der Waals surface area contributed by atoms with Gasteiger partial charge >= 0.3 is 5.69 Å². The Morgan fingerprint density at radius 2 is 1.67 bits per heavy atom. The van der Waals surface area contributed by atoms with Crippen molar-refractivity contribution in [2.24, 2.45) is 0 Å². The van der Waals surface area contributed by atoms with Crippen LogP contribution in [0.1, 0.15) is 0 Å². The second-order valence-corrected chi connectivity index (χ2v) is 3.95. The molecular weight excluding hydrogens is 228 g/mol. The molecule has 1 N–H and O–H groups in total. The van der Waals surface area contributed by atoms with Crippen molar-refractivity contribution >= 4 is 10.8 Å². The van der Waals surface area contributed by atoms with Gasteiger partial charge in [0.1, 0.15) is 0 Å². The molecule has 0 radical (unpaired) electrons. The van der Waals surface area contributed by atoms with Gasteiger partial charge in [-0.25, -0.2) is 9.36 Å². The smallest absolute Gasteiger partial charge is 0.314 e. The number of nitrogens with one attached hydrogen (secondary N) is 1. The van der Waals surface area contributed by atoms with Gasteiger partial charge in [-0.05, 0) is 11.5 Å². The number of H-pyrrole nitrogens is 1. The fourth-order valence-electron chi connectivity index (χ4n) is 2.05. The van der Waals surface area contributed by atoms with Crippen molar-refractivity contribution < 1.29 is 0 Å². The van der Waals surface area contributed by atoms with E-state index < -0.39 is 5.69 Å². The summed E-state index contributed by atoms with van der Waals surface area (Å²) in [5.41, 5.74) is -0.172. The lowest BCUT2D eigenvalue weighted by atomic mass is 10.1. The first kappa shape index (κ1) is 10.5. The van der Waals surface area contributed by atoms with Gasteiger partial charge in [-0.2, -0.15) is 0 Å². The van der Waals surface area contributed by atoms with Crippen molar-refractivity contribution in [3.63, 3.8) is 0 Å². The van der Waals surface area contributed by atoms with Gasteiger partial charge in [-0.3, -0.25) is 4.79 Å². The fourth-order valence-corrected chi connectivity index (χ4v) is 2.05. The summed E-state index contributed by atoms with van der Waals surface area (Å²) in [7, 11) is 0. The maximum atomic E-state index is 11.8. The molecule has 0 atom stereocenters. The van der Waals surface area contributed by atoms with E-state index >= 15 is 0 Å². The molecule has 3 rings (SSSR count). The normalized spacial score (nSPS) is 10.7. The zero-order valence-corrected chi connectivity index (χ0v) is 9.46. The quantitative estimate of drug-likeness (QED) is 0.701. The van der Waals surface area contributed by atoms with Gasteiger partial charge in [0, 0.05) is 17.6 Å². The van der Waals surface area contributed by atoms with Crippen LogP contribution in [0.4, 0.5) is 0 Å². The molecule has 0 bridgehead atoms. The molecular formula is C14H10N2O2. The number of nitrogens with zero attached hydrogens (tertiary/aromatic N) is 1. The summed E-state index contributed by atoms with van der Waals surface area (Å²) in [6.45, 7) is 0. The standard InChI is InChI=1S/C14H10N2O2/c17-13-8-9-15-14(18)16(13)12-7-3-5-10-4-1-2-6-11(10)12/h1-9H,(H,15,18). The Kier molecular flexibility index (Phi) is 2.34. The number of rotatable bonds is 1. The first-order valence-electron chi connectivity index (χ1n) is 5.56. The predicted octanol–water partition coefficient (Wildman–Crippen LogP) is 1.68. The van der Waals surface area contributed by atoms with E-state index in [1.165, 1.54) is 12.3 Å². The molecule has 0 aliphatic carbocycles. The van der Waals surface area contributed by atoms with E-state index in [4.69, 9.17) is 0 Å². The molecule has 0 aliphatic rings. The Labute approximate surface area is 102 Å². The Hall–Kier alpha value is -2.62. The number of fused-ring (bicyclic) bond motifs is 1. The third kappa shape index (κ3) is 1.55. The van der Waals surface area contributed by atoms with Gasteiger partial charge in [0.05, 0.1) is 5.69 Å². The van der Waals surface area contributed by atoms with Crippen LogP contribution in [0.15, 0.2) is 64.3 Å². The fraction of sp³-hybridized carbons (Fsp3) is 0. The molecule has 0 fully saturated rings. The second-order valence-electron chi connectivity index (χ2n) is 3.95. The largest absolute Gasteiger partial charge is 0.333 e. The van der Waals surface area contributed by atoms with E-state index in [-0.39, 0.29) is 5.56 Å². The summed E-state index contributed by atoms with van der Waals surface area (Å²) >= 11 is 0. The SMILES string of the molecule is O=c1cc[nH]c(=O)n1-c1cccc2ccccc12. The monoisotopic (exact) mass is 238 g/mol. The average Bonchev–Trinajstić information content (AvgIpc) is 2.39. The Balaban J connectivity index is 2.47. The van der Waals surface area contributed by atoms with Crippen LogP contribution >= 0.6 is 0 Å². The maximum absolute atomic E-state index is 11.8. The zero-order chi connectivity index (χ0) is 12.5. The van der Waals surface area contributed by atoms with Gasteiger partial charge in [-0.15, -0.1) is 0 Å². The molecule has 0 spiro atoms. The van der Waals surface area contributed by atoms with E-state index in [0.717, 1.165) is 15.3 Å². The van der Waals surface area contributed by atoms with Crippen LogP contribution in [-0.4, -0.2) is 9.55 Å². The van der Waals surface area contributed by atoms with E-state index in [0.29, 0.717) is 5.69 Å². The van der Waals surface area contributed by atoms with Crippen LogP contribution in [0.5, 0.6) is 0 Å². The third-order valence-corrected chi connectivity index (χ3v) is 2.86. The third-order valence-electron chi connectivity index (χ3n) is 2.86. The molecule has 1 heterocycles. The predicted molar refractivity (Wildman–Crippen MR) is 70.2 cm³/mol. The molecule has 0 unspecified atom stereocenters. The van der Waals surface area contributed by atoms with Gasteiger partial charge in [-0.1, -0.05) is 36.4 Å². The number of hydrogen-bond donors (Lipinski definition) is 1. The molecule has 3 aromatic rings. The minimum Gasteiger partial charge on any atom is -0.314 e. The van der Waals surface area contributed by atoms with Crippen molar-refractivity contribution in [3.8, 4) is 5.69 Å². The Bertz CT molecular complexity index is 797. The molecule has 2 aromatic carbocycles. The summed E-state index contributed by atoms with van der Waals surface area (Å²) in [6, 6.07) is 14.5. The lowest BCUT2D eigenvalue weighted by Crippen LogP contribution is -2.32. The summed E-state index contributed by atoms with van der Waals surface area (Å²) in [4.78, 5) is 26.1. The molecule has 4 nitrogen and oxygen atoms in total. The zero-order valence-electron chi connectivity index (χ0n) is 9.46. The van der Waals surface area contributed by atoms with Crippen LogP contribution in [0.2, 0.25) is 0 Å². The summed E-state index contributed by atoms with van der Waals surface area (Å²) in [5.74, 6) is 0. The maximum Gasteiger partial charge on any atom is 0.333 e. The molecule has 4 heteroatoms. The lowest BCUT2D eigenvalue weighted by molar-refractivity contribution is 0.881. The molecule has 1 aromatic heterocycles. The highest BCUT2D eigenvalue weighted by Crippen LogP contribution is 2.19. The topological polar surface area (TPSA) is 54.9 Å². The van der Waals surface area contributed by atoms with Crippen LogP contribution in [0, 0.1) is 0 Å². The minimum absolute atomic E-state index is 0.338. The minimum atomic E-state index is -0.432. The molecule has 0 aliphatic heterocycles. The van der Waals surface area contributed by atoms with Crippen molar-refractivity contribution in [1.82, 2.24) is 9.55 Å². The lowest BCUT2D eigenvalue weighted by Gasteiger charge is -2.07. The van der Waals surface area contributed by atoms with E-state index in [1.54, 1.807) is 6.07 Å². The van der Waals surface area contributed by atoms with E-state index in [2.05, 4.69) is 4.98 Å². The van der Waals surface area contributed by atoms with Crippen molar-refractivity contribution in [2.45, 2.75) is 0 Å². The van der Waals surface area contributed by atoms with Crippen LogP contribution in [-0.2, 0) is 0 Å². The number of aromatic nitrogens is 2. The molecule has 0 saturated heterocycles. The first-order chi connectivity index (χ1) is 8.77. The first-order valence-corrected chi connectivity index (χ1v) is 5.56. The molecule has 0 amide bonds. The van der Waals surface area contributed by atoms with Gasteiger partial charge in [0.2, 0.25) is 0 Å². The molecule has 0 saturated carbocycles. The summed E-state index contributed by atoms with van der Waals surface area (Å²) < 4.78 is 1.14. The number of aromatic amines is 1. The van der Waals surface area contributed by atoms with Crippen molar-refractivity contribution in [1.29, 1.82) is 0 Å². The Morgan fingerprint density at radius 1 is 0.889 bits per heavy atom. The van der Waals surface area contributed by atoms with E-state index in [9.17, 15) is 9.59 Å². The highest BCUT2D eigenvalue weighted by Gasteiger charge is 2.06. The van der Waals surface area contributed by atoms with Gasteiger partial charge in [0.25, 0.3) is 5.56 Å². The van der Waals surface area contributed by atoms with Crippen LogP contribution in [0.25, 0.3) is 16.5 Å². The van der Waals surface area contributed by atoms with Gasteiger partial charge < -0.3 is 4.98 Å². The molecule has 88 valence electrons.